The fourth-order valence-corrected chi connectivity index (χ4v) is 2.38. The van der Waals surface area contributed by atoms with E-state index in [-0.39, 0.29) is 0 Å². The molecule has 0 aliphatic rings. The molecule has 0 aliphatic carbocycles. The number of aryl methyl sites for hydroxylation is 1. The summed E-state index contributed by atoms with van der Waals surface area (Å²) in [7, 11) is 1.97. The van der Waals surface area contributed by atoms with Crippen molar-refractivity contribution in [1.82, 2.24) is 9.55 Å². The summed E-state index contributed by atoms with van der Waals surface area (Å²) in [6.07, 6.45) is 0. The first-order valence-corrected chi connectivity index (χ1v) is 6.61. The van der Waals surface area contributed by atoms with Crippen molar-refractivity contribution >= 4 is 27.0 Å². The van der Waals surface area contributed by atoms with Crippen molar-refractivity contribution in [3.63, 3.8) is 0 Å². The van der Waals surface area contributed by atoms with Crippen LogP contribution in [0.3, 0.4) is 0 Å². The quantitative estimate of drug-likeness (QED) is 0.684. The van der Waals surface area contributed by atoms with Crippen molar-refractivity contribution in [3.8, 4) is 17.5 Å². The summed E-state index contributed by atoms with van der Waals surface area (Å²) < 4.78 is 3.06. The molecule has 0 aliphatic heterocycles. The Morgan fingerprint density at radius 1 is 1.16 bits per heavy atom. The molecule has 0 amide bonds. The zero-order chi connectivity index (χ0) is 13.4. The van der Waals surface area contributed by atoms with Gasteiger partial charge in [-0.1, -0.05) is 28.1 Å². The Balaban J connectivity index is 2.23. The van der Waals surface area contributed by atoms with E-state index in [2.05, 4.69) is 27.0 Å². The van der Waals surface area contributed by atoms with E-state index in [1.54, 1.807) is 6.07 Å². The molecule has 92 valence electrons. The number of nitriles is 1. The number of nitrogens with zero attached hydrogens (tertiary/aromatic N) is 3. The third kappa shape index (κ3) is 2.02. The third-order valence-electron chi connectivity index (χ3n) is 3.11. The highest BCUT2D eigenvalue weighted by atomic mass is 79.9. The molecule has 0 atom stereocenters. The minimum absolute atomic E-state index is 0.651. The highest BCUT2D eigenvalue weighted by Gasteiger charge is 2.10. The van der Waals surface area contributed by atoms with Crippen LogP contribution in [0, 0.1) is 11.3 Å². The van der Waals surface area contributed by atoms with Gasteiger partial charge in [-0.25, -0.2) is 4.98 Å². The molecule has 19 heavy (non-hydrogen) atoms. The summed E-state index contributed by atoms with van der Waals surface area (Å²) in [6.45, 7) is 0. The van der Waals surface area contributed by atoms with Crippen LogP contribution in [0.5, 0.6) is 0 Å². The van der Waals surface area contributed by atoms with Gasteiger partial charge in [0.1, 0.15) is 5.82 Å². The number of halogens is 1. The van der Waals surface area contributed by atoms with E-state index in [9.17, 15) is 0 Å². The lowest BCUT2D eigenvalue weighted by molar-refractivity contribution is 0.959. The van der Waals surface area contributed by atoms with Gasteiger partial charge in [0.2, 0.25) is 0 Å². The van der Waals surface area contributed by atoms with Crippen molar-refractivity contribution in [3.05, 3.63) is 52.5 Å². The van der Waals surface area contributed by atoms with E-state index in [0.29, 0.717) is 5.56 Å². The second-order valence-electron chi connectivity index (χ2n) is 4.32. The Bertz CT molecular complexity index is 795. The van der Waals surface area contributed by atoms with Crippen LogP contribution in [0.4, 0.5) is 0 Å². The van der Waals surface area contributed by atoms with Gasteiger partial charge in [0, 0.05) is 17.1 Å². The number of hydrogen-bond acceptors (Lipinski definition) is 2. The maximum Gasteiger partial charge on any atom is 0.140 e. The molecule has 0 saturated heterocycles. The minimum Gasteiger partial charge on any atom is -0.327 e. The van der Waals surface area contributed by atoms with Crippen LogP contribution in [-0.4, -0.2) is 9.55 Å². The van der Waals surface area contributed by atoms with Crippen molar-refractivity contribution in [1.29, 1.82) is 5.26 Å². The average Bonchev–Trinajstić information content (AvgIpc) is 2.76. The van der Waals surface area contributed by atoms with Crippen LogP contribution < -0.4 is 0 Å². The molecule has 3 aromatic rings. The highest BCUT2D eigenvalue weighted by Crippen LogP contribution is 2.25. The Kier molecular flexibility index (Phi) is 2.84. The lowest BCUT2D eigenvalue weighted by Gasteiger charge is -2.02. The number of hydrogen-bond donors (Lipinski definition) is 0. The van der Waals surface area contributed by atoms with Crippen LogP contribution in [-0.2, 0) is 7.05 Å². The number of benzene rings is 2. The van der Waals surface area contributed by atoms with Crippen molar-refractivity contribution in [2.24, 2.45) is 7.05 Å². The Morgan fingerprint density at radius 2 is 1.89 bits per heavy atom. The lowest BCUT2D eigenvalue weighted by Crippen LogP contribution is -1.92. The smallest absolute Gasteiger partial charge is 0.140 e. The van der Waals surface area contributed by atoms with Crippen LogP contribution in [0.25, 0.3) is 22.4 Å². The predicted molar refractivity (Wildman–Crippen MR) is 78.6 cm³/mol. The molecule has 0 bridgehead atoms. The molecular weight excluding hydrogens is 302 g/mol. The Morgan fingerprint density at radius 3 is 2.58 bits per heavy atom. The molecule has 1 aromatic heterocycles. The van der Waals surface area contributed by atoms with Gasteiger partial charge in [0.25, 0.3) is 0 Å². The van der Waals surface area contributed by atoms with Crippen LogP contribution in [0.15, 0.2) is 46.9 Å². The third-order valence-corrected chi connectivity index (χ3v) is 3.64. The van der Waals surface area contributed by atoms with Crippen LogP contribution >= 0.6 is 15.9 Å². The van der Waals surface area contributed by atoms with Crippen molar-refractivity contribution in [2.75, 3.05) is 0 Å². The normalized spacial score (nSPS) is 10.6. The summed E-state index contributed by atoms with van der Waals surface area (Å²) in [4.78, 5) is 4.63. The summed E-state index contributed by atoms with van der Waals surface area (Å²) >= 11 is 3.43. The summed E-state index contributed by atoms with van der Waals surface area (Å²) in [5.41, 5.74) is 3.58. The average molecular weight is 312 g/mol. The molecule has 2 aromatic carbocycles. The first kappa shape index (κ1) is 11.9. The Labute approximate surface area is 119 Å². The molecule has 0 spiro atoms. The van der Waals surface area contributed by atoms with E-state index < -0.39 is 0 Å². The molecule has 4 heteroatoms. The second-order valence-corrected chi connectivity index (χ2v) is 5.23. The van der Waals surface area contributed by atoms with Gasteiger partial charge in [-0.05, 0) is 30.3 Å². The molecule has 0 radical (unpaired) electrons. The molecule has 0 unspecified atom stereocenters. The van der Waals surface area contributed by atoms with Gasteiger partial charge in [-0.15, -0.1) is 0 Å². The standard InChI is InChI=1S/C15H10BrN3/c1-19-14-8-10(9-17)2-7-13(14)18-15(19)11-3-5-12(16)6-4-11/h2-8H,1H3. The largest absolute Gasteiger partial charge is 0.327 e. The second kappa shape index (κ2) is 4.52. The lowest BCUT2D eigenvalue weighted by atomic mass is 10.2. The molecular formula is C15H10BrN3. The first-order valence-electron chi connectivity index (χ1n) is 5.81. The van der Waals surface area contributed by atoms with Crippen LogP contribution in [0.1, 0.15) is 5.56 Å². The summed E-state index contributed by atoms with van der Waals surface area (Å²) in [5.74, 6) is 0.901. The maximum atomic E-state index is 8.96. The molecule has 0 N–H and O–H groups in total. The molecule has 3 rings (SSSR count). The zero-order valence-electron chi connectivity index (χ0n) is 10.3. The predicted octanol–water partition coefficient (Wildman–Crippen LogP) is 3.87. The van der Waals surface area contributed by atoms with Crippen molar-refractivity contribution in [2.45, 2.75) is 0 Å². The number of aromatic nitrogens is 2. The summed E-state index contributed by atoms with van der Waals surface area (Å²) in [5, 5.41) is 8.96. The zero-order valence-corrected chi connectivity index (χ0v) is 11.8. The van der Waals surface area contributed by atoms with E-state index in [0.717, 1.165) is 26.9 Å². The fourth-order valence-electron chi connectivity index (χ4n) is 2.12. The van der Waals surface area contributed by atoms with Crippen molar-refractivity contribution < 1.29 is 0 Å². The number of fused-ring (bicyclic) bond motifs is 1. The molecule has 1 heterocycles. The SMILES string of the molecule is Cn1c(-c2ccc(Br)cc2)nc2ccc(C#N)cc21. The first-order chi connectivity index (χ1) is 9.19. The van der Waals surface area contributed by atoms with E-state index in [1.165, 1.54) is 0 Å². The van der Waals surface area contributed by atoms with Gasteiger partial charge < -0.3 is 4.57 Å². The molecule has 0 saturated carbocycles. The van der Waals surface area contributed by atoms with E-state index >= 15 is 0 Å². The number of rotatable bonds is 1. The summed E-state index contributed by atoms with van der Waals surface area (Å²) in [6, 6.07) is 15.7. The van der Waals surface area contributed by atoms with Gasteiger partial charge in [0.15, 0.2) is 0 Å². The van der Waals surface area contributed by atoms with Gasteiger partial charge in [0.05, 0.1) is 22.7 Å². The van der Waals surface area contributed by atoms with E-state index in [4.69, 9.17) is 5.26 Å². The molecule has 0 fully saturated rings. The highest BCUT2D eigenvalue weighted by molar-refractivity contribution is 9.10. The number of imidazole rings is 1. The van der Waals surface area contributed by atoms with E-state index in [1.807, 2.05) is 48.0 Å². The van der Waals surface area contributed by atoms with Gasteiger partial charge >= 0.3 is 0 Å². The monoisotopic (exact) mass is 311 g/mol. The minimum atomic E-state index is 0.651. The fraction of sp³-hybridized carbons (Fsp3) is 0.0667. The topological polar surface area (TPSA) is 41.6 Å². The van der Waals surface area contributed by atoms with Gasteiger partial charge in [-0.3, -0.25) is 0 Å². The maximum absolute atomic E-state index is 8.96. The van der Waals surface area contributed by atoms with Crippen LogP contribution in [0.2, 0.25) is 0 Å². The van der Waals surface area contributed by atoms with Gasteiger partial charge in [-0.2, -0.15) is 5.26 Å². The molecule has 3 nitrogen and oxygen atoms in total. The Hall–Kier alpha value is -2.12.